The van der Waals surface area contributed by atoms with Crippen LogP contribution in [0.4, 0.5) is 0 Å². The minimum Gasteiger partial charge on any atom is -0.379 e. The number of nitrogens with one attached hydrogen (secondary N) is 2. The van der Waals surface area contributed by atoms with Gasteiger partial charge in [0.2, 0.25) is 5.91 Å². The fraction of sp³-hybridized carbons (Fsp3) is 0.579. The smallest absolute Gasteiger partial charge is 0.251 e. The lowest BCUT2D eigenvalue weighted by atomic mass is 9.98. The highest BCUT2D eigenvalue weighted by Gasteiger charge is 2.26. The van der Waals surface area contributed by atoms with Crippen molar-refractivity contribution in [3.05, 3.63) is 35.9 Å². The Labute approximate surface area is 149 Å². The van der Waals surface area contributed by atoms with Crippen LogP contribution in [0, 0.1) is 5.92 Å². The largest absolute Gasteiger partial charge is 0.379 e. The lowest BCUT2D eigenvalue weighted by molar-refractivity contribution is -0.124. The van der Waals surface area contributed by atoms with Gasteiger partial charge in [-0.2, -0.15) is 0 Å². The number of carbonyl (C=O) groups is 2. The second-order valence-electron chi connectivity index (χ2n) is 6.45. The van der Waals surface area contributed by atoms with Crippen LogP contribution in [0.2, 0.25) is 0 Å². The quantitative estimate of drug-likeness (QED) is 0.743. The molecule has 0 aromatic heterocycles. The molecule has 0 unspecified atom stereocenters. The molecule has 0 spiro atoms. The summed E-state index contributed by atoms with van der Waals surface area (Å²) in [7, 11) is 0. The van der Waals surface area contributed by atoms with Crippen LogP contribution in [0.5, 0.6) is 0 Å². The van der Waals surface area contributed by atoms with Gasteiger partial charge in [-0.3, -0.25) is 14.5 Å². The fourth-order valence-corrected chi connectivity index (χ4v) is 2.79. The molecule has 0 radical (unpaired) electrons. The maximum Gasteiger partial charge on any atom is 0.251 e. The average molecular weight is 347 g/mol. The van der Waals surface area contributed by atoms with Crippen LogP contribution in [0.3, 0.4) is 0 Å². The topological polar surface area (TPSA) is 70.7 Å². The maximum absolute atomic E-state index is 12.6. The van der Waals surface area contributed by atoms with Crippen LogP contribution in [0.15, 0.2) is 30.3 Å². The fourth-order valence-electron chi connectivity index (χ4n) is 2.79. The van der Waals surface area contributed by atoms with Crippen molar-refractivity contribution in [1.82, 2.24) is 15.5 Å². The van der Waals surface area contributed by atoms with E-state index >= 15 is 0 Å². The molecule has 0 aliphatic carbocycles. The molecule has 2 N–H and O–H groups in total. The molecule has 1 aliphatic heterocycles. The Bertz CT molecular complexity index is 544. The van der Waals surface area contributed by atoms with Gasteiger partial charge < -0.3 is 15.4 Å². The monoisotopic (exact) mass is 347 g/mol. The molecule has 6 heteroatoms. The Balaban J connectivity index is 1.87. The Morgan fingerprint density at radius 1 is 1.20 bits per heavy atom. The van der Waals surface area contributed by atoms with Crippen molar-refractivity contribution < 1.29 is 14.3 Å². The summed E-state index contributed by atoms with van der Waals surface area (Å²) in [5.41, 5.74) is 0.567. The Kier molecular flexibility index (Phi) is 7.88. The third-order valence-corrected chi connectivity index (χ3v) is 4.65. The predicted molar refractivity (Wildman–Crippen MR) is 97.4 cm³/mol. The van der Waals surface area contributed by atoms with E-state index in [-0.39, 0.29) is 17.7 Å². The van der Waals surface area contributed by atoms with Crippen LogP contribution < -0.4 is 10.6 Å². The van der Waals surface area contributed by atoms with E-state index in [1.54, 1.807) is 12.1 Å². The Morgan fingerprint density at radius 2 is 1.88 bits per heavy atom. The van der Waals surface area contributed by atoms with E-state index in [0.717, 1.165) is 39.3 Å². The number of carbonyl (C=O) groups excluding carboxylic acids is 2. The number of hydrogen-bond donors (Lipinski definition) is 2. The second-order valence-corrected chi connectivity index (χ2v) is 6.45. The predicted octanol–water partition coefficient (Wildman–Crippen LogP) is 1.28. The summed E-state index contributed by atoms with van der Waals surface area (Å²) in [6.45, 7) is 8.67. The van der Waals surface area contributed by atoms with E-state index in [1.165, 1.54) is 0 Å². The zero-order chi connectivity index (χ0) is 18.1. The number of hydrogen-bond acceptors (Lipinski definition) is 4. The van der Waals surface area contributed by atoms with Gasteiger partial charge in [0.25, 0.3) is 5.91 Å². The van der Waals surface area contributed by atoms with Gasteiger partial charge in [-0.25, -0.2) is 0 Å². The van der Waals surface area contributed by atoms with Crippen molar-refractivity contribution in [1.29, 1.82) is 0 Å². The molecule has 1 aromatic rings. The highest BCUT2D eigenvalue weighted by molar-refractivity contribution is 5.97. The highest BCUT2D eigenvalue weighted by Crippen LogP contribution is 2.09. The first-order valence-corrected chi connectivity index (χ1v) is 9.05. The summed E-state index contributed by atoms with van der Waals surface area (Å²) in [4.78, 5) is 27.2. The van der Waals surface area contributed by atoms with Crippen molar-refractivity contribution >= 4 is 11.8 Å². The van der Waals surface area contributed by atoms with Crippen LogP contribution in [0.25, 0.3) is 0 Å². The molecule has 1 saturated heterocycles. The van der Waals surface area contributed by atoms with Crippen LogP contribution in [-0.4, -0.2) is 62.1 Å². The molecule has 25 heavy (non-hydrogen) atoms. The summed E-state index contributed by atoms with van der Waals surface area (Å²) < 4.78 is 5.32. The van der Waals surface area contributed by atoms with Crippen molar-refractivity contribution in [2.24, 2.45) is 5.92 Å². The van der Waals surface area contributed by atoms with Crippen molar-refractivity contribution in [2.75, 3.05) is 39.4 Å². The van der Waals surface area contributed by atoms with Gasteiger partial charge in [0.05, 0.1) is 13.2 Å². The maximum atomic E-state index is 12.6. The molecule has 138 valence electrons. The van der Waals surface area contributed by atoms with Crippen molar-refractivity contribution in [2.45, 2.75) is 26.3 Å². The van der Waals surface area contributed by atoms with E-state index in [2.05, 4.69) is 15.5 Å². The first-order chi connectivity index (χ1) is 12.1. The number of rotatable bonds is 8. The number of nitrogens with zero attached hydrogens (tertiary/aromatic N) is 1. The molecule has 6 nitrogen and oxygen atoms in total. The minimum atomic E-state index is -0.526. The molecule has 1 heterocycles. The third-order valence-electron chi connectivity index (χ3n) is 4.65. The number of amides is 2. The highest BCUT2D eigenvalue weighted by atomic mass is 16.5. The number of benzene rings is 1. The SMILES string of the molecule is CC[C@H](C)[C@H](NC(=O)c1ccccc1)C(=O)NCCN1CCOCC1. The Hall–Kier alpha value is -1.92. The van der Waals surface area contributed by atoms with Gasteiger partial charge >= 0.3 is 0 Å². The first-order valence-electron chi connectivity index (χ1n) is 9.05. The lowest BCUT2D eigenvalue weighted by Gasteiger charge is -2.27. The molecule has 0 bridgehead atoms. The summed E-state index contributed by atoms with van der Waals surface area (Å²) >= 11 is 0. The third kappa shape index (κ3) is 6.14. The molecule has 1 aromatic carbocycles. The van der Waals surface area contributed by atoms with Crippen molar-refractivity contribution in [3.8, 4) is 0 Å². The molecule has 1 aliphatic rings. The summed E-state index contributed by atoms with van der Waals surface area (Å²) in [5.74, 6) is -0.267. The van der Waals surface area contributed by atoms with Gasteiger partial charge in [-0.15, -0.1) is 0 Å². The number of morpholine rings is 1. The normalized spacial score (nSPS) is 17.5. The first kappa shape index (κ1) is 19.4. The number of ether oxygens (including phenoxy) is 1. The van der Waals surface area contributed by atoms with Gasteiger partial charge in [-0.1, -0.05) is 38.5 Å². The molecular formula is C19H29N3O3. The standard InChI is InChI=1S/C19H29N3O3/c1-3-15(2)17(21-18(23)16-7-5-4-6-8-16)19(24)20-9-10-22-11-13-25-14-12-22/h4-8,15,17H,3,9-14H2,1-2H3,(H,20,24)(H,21,23)/t15-,17-/m0/s1. The zero-order valence-corrected chi connectivity index (χ0v) is 15.2. The zero-order valence-electron chi connectivity index (χ0n) is 15.2. The van der Waals surface area contributed by atoms with Crippen LogP contribution in [0.1, 0.15) is 30.6 Å². The van der Waals surface area contributed by atoms with E-state index in [1.807, 2.05) is 32.0 Å². The molecule has 1 fully saturated rings. The summed E-state index contributed by atoms with van der Waals surface area (Å²) in [5, 5.41) is 5.85. The van der Waals surface area contributed by atoms with Crippen molar-refractivity contribution in [3.63, 3.8) is 0 Å². The van der Waals surface area contributed by atoms with E-state index in [0.29, 0.717) is 12.1 Å². The molecular weight excluding hydrogens is 318 g/mol. The minimum absolute atomic E-state index is 0.0658. The van der Waals surface area contributed by atoms with E-state index < -0.39 is 6.04 Å². The molecule has 0 saturated carbocycles. The van der Waals surface area contributed by atoms with Crippen LogP contribution in [-0.2, 0) is 9.53 Å². The van der Waals surface area contributed by atoms with E-state index in [4.69, 9.17) is 4.74 Å². The van der Waals surface area contributed by atoms with Gasteiger partial charge in [0.1, 0.15) is 6.04 Å². The Morgan fingerprint density at radius 3 is 2.52 bits per heavy atom. The van der Waals surface area contributed by atoms with Crippen LogP contribution >= 0.6 is 0 Å². The lowest BCUT2D eigenvalue weighted by Crippen LogP contribution is -2.51. The van der Waals surface area contributed by atoms with Gasteiger partial charge in [0.15, 0.2) is 0 Å². The molecule has 2 atom stereocenters. The average Bonchev–Trinajstić information content (AvgIpc) is 2.66. The molecule has 2 amide bonds. The van der Waals surface area contributed by atoms with E-state index in [9.17, 15) is 9.59 Å². The summed E-state index contributed by atoms with van der Waals surface area (Å²) in [6, 6.07) is 8.47. The van der Waals surface area contributed by atoms with Gasteiger partial charge in [0, 0.05) is 31.7 Å². The second kappa shape index (κ2) is 10.2. The van der Waals surface area contributed by atoms with Gasteiger partial charge in [-0.05, 0) is 18.1 Å². The molecule has 2 rings (SSSR count). The summed E-state index contributed by atoms with van der Waals surface area (Å²) in [6.07, 6.45) is 0.816.